The lowest BCUT2D eigenvalue weighted by Crippen LogP contribution is -2.56. The molecule has 3 amide bonds. The van der Waals surface area contributed by atoms with E-state index in [1.807, 2.05) is 80.3 Å². The van der Waals surface area contributed by atoms with Crippen molar-refractivity contribution in [1.82, 2.24) is 19.6 Å². The van der Waals surface area contributed by atoms with Crippen molar-refractivity contribution in [3.05, 3.63) is 139 Å². The minimum absolute atomic E-state index is 0.0515. The second-order valence-electron chi connectivity index (χ2n) is 13.8. The first kappa shape index (κ1) is 44.6. The van der Waals surface area contributed by atoms with Gasteiger partial charge in [-0.2, -0.15) is 5.26 Å². The highest BCUT2D eigenvalue weighted by atomic mass is 79.9. The Bertz CT molecular complexity index is 2090. The molecule has 0 saturated carbocycles. The van der Waals surface area contributed by atoms with Crippen LogP contribution in [-0.2, 0) is 9.53 Å². The highest BCUT2D eigenvalue weighted by molar-refractivity contribution is 9.10. The molecule has 2 heterocycles. The van der Waals surface area contributed by atoms with E-state index in [4.69, 9.17) is 5.26 Å². The quantitative estimate of drug-likeness (QED) is 0.0859. The smallest absolute Gasteiger partial charge is 0.337 e. The molecule has 4 aromatic rings. The topological polar surface area (TPSA) is 131 Å². The number of hydrogen-bond donors (Lipinski definition) is 0. The van der Waals surface area contributed by atoms with Gasteiger partial charge in [0, 0.05) is 77.0 Å². The van der Waals surface area contributed by atoms with Gasteiger partial charge in [-0.15, -0.1) is 0 Å². The standard InChI is InChI=1S/C21H21BrN2O3.C14H17N3O.C9H9BrO2/c1-14-12-17(8-9-18(14)22)19(25)21(27)24-11-10-23(13-15(24)2)20(26)16-6-4-3-5-7-16;1-12-11-17(10-9-16(12)8-7-15)14(18)13-5-3-2-4-6-13;1-6-5-7(9(11)12-2)3-4-8(6)10/h3-9,12,15H,10-11,13H2,1-2H3;2-6,12H,8-11H2,1H3;3-5H,1-2H3/t15-;12-;/m11./s1. The van der Waals surface area contributed by atoms with Crippen LogP contribution in [0.5, 0.6) is 0 Å². The van der Waals surface area contributed by atoms with E-state index in [9.17, 15) is 24.0 Å². The summed E-state index contributed by atoms with van der Waals surface area (Å²) in [5, 5.41) is 8.72. The van der Waals surface area contributed by atoms with Crippen molar-refractivity contribution in [3.63, 3.8) is 0 Å². The molecule has 6 rings (SSSR count). The number of piperazine rings is 2. The highest BCUT2D eigenvalue weighted by Gasteiger charge is 2.33. The molecule has 0 bridgehead atoms. The number of ether oxygens (including phenoxy) is 1. The molecule has 13 heteroatoms. The molecule has 2 fully saturated rings. The summed E-state index contributed by atoms with van der Waals surface area (Å²) in [5.41, 5.74) is 4.26. The summed E-state index contributed by atoms with van der Waals surface area (Å²) in [6.45, 7) is 11.5. The van der Waals surface area contributed by atoms with Gasteiger partial charge in [0.25, 0.3) is 17.7 Å². The first-order chi connectivity index (χ1) is 27.2. The van der Waals surface area contributed by atoms with Gasteiger partial charge >= 0.3 is 5.97 Å². The number of methoxy groups -OCH3 is 1. The van der Waals surface area contributed by atoms with Crippen LogP contribution in [0.1, 0.15) is 66.4 Å². The molecule has 2 aliphatic rings. The third-order valence-corrected chi connectivity index (χ3v) is 11.5. The number of carbonyl (C=O) groups excluding carboxylic acids is 5. The van der Waals surface area contributed by atoms with Crippen molar-refractivity contribution < 1.29 is 28.7 Å². The maximum atomic E-state index is 12.7. The normalized spacial score (nSPS) is 16.5. The Morgan fingerprint density at radius 3 is 1.60 bits per heavy atom. The van der Waals surface area contributed by atoms with E-state index in [0.717, 1.165) is 32.2 Å². The molecule has 2 saturated heterocycles. The van der Waals surface area contributed by atoms with Crippen LogP contribution in [0, 0.1) is 25.2 Å². The van der Waals surface area contributed by atoms with Gasteiger partial charge in [0.2, 0.25) is 5.78 Å². The number of rotatable bonds is 6. The molecule has 57 heavy (non-hydrogen) atoms. The molecule has 0 N–H and O–H groups in total. The fourth-order valence-electron chi connectivity index (χ4n) is 6.41. The SMILES string of the molecule is COC(=O)c1ccc(Br)c(C)c1.C[C@@H]1CN(C(=O)c2ccccc2)CCN1CC#N.Cc1cc(C(=O)C(=O)N2CCN(C(=O)c3ccccc3)C[C@H]2C)ccc1Br. The van der Waals surface area contributed by atoms with Crippen molar-refractivity contribution in [3.8, 4) is 6.07 Å². The Kier molecular flexibility index (Phi) is 16.7. The maximum Gasteiger partial charge on any atom is 0.337 e. The molecule has 298 valence electrons. The molecule has 0 aromatic heterocycles. The van der Waals surface area contributed by atoms with E-state index < -0.39 is 11.7 Å². The lowest BCUT2D eigenvalue weighted by molar-refractivity contribution is -0.130. The number of carbonyl (C=O) groups is 5. The Hall–Kier alpha value is -5.16. The number of ketones is 1. The third kappa shape index (κ3) is 12.2. The van der Waals surface area contributed by atoms with E-state index in [1.54, 1.807) is 52.3 Å². The van der Waals surface area contributed by atoms with Crippen LogP contribution in [0.2, 0.25) is 0 Å². The lowest BCUT2D eigenvalue weighted by atomic mass is 10.1. The Labute approximate surface area is 351 Å². The van der Waals surface area contributed by atoms with Gasteiger partial charge < -0.3 is 19.4 Å². The zero-order valence-electron chi connectivity index (χ0n) is 32.8. The summed E-state index contributed by atoms with van der Waals surface area (Å²) in [7, 11) is 1.37. The van der Waals surface area contributed by atoms with Crippen molar-refractivity contribution in [2.45, 2.75) is 39.8 Å². The first-order valence-electron chi connectivity index (χ1n) is 18.5. The lowest BCUT2D eigenvalue weighted by Gasteiger charge is -2.39. The molecular weight excluding hydrogens is 854 g/mol. The fraction of sp³-hybridized carbons (Fsp3) is 0.318. The number of Topliss-reactive ketones (excluding diaryl/α,β-unsaturated/α-hetero) is 1. The zero-order chi connectivity index (χ0) is 41.6. The summed E-state index contributed by atoms with van der Waals surface area (Å²) in [6, 6.07) is 31.1. The van der Waals surface area contributed by atoms with E-state index in [-0.39, 0.29) is 29.9 Å². The molecule has 2 atom stereocenters. The van der Waals surface area contributed by atoms with Crippen LogP contribution in [-0.4, -0.2) is 114 Å². The fourth-order valence-corrected chi connectivity index (χ4v) is 6.90. The van der Waals surface area contributed by atoms with Gasteiger partial charge in [0.05, 0.1) is 25.3 Å². The summed E-state index contributed by atoms with van der Waals surface area (Å²) >= 11 is 6.75. The molecule has 0 unspecified atom stereocenters. The Morgan fingerprint density at radius 2 is 1.14 bits per heavy atom. The van der Waals surface area contributed by atoms with E-state index in [2.05, 4.69) is 54.5 Å². The number of amides is 3. The molecule has 11 nitrogen and oxygen atoms in total. The zero-order valence-corrected chi connectivity index (χ0v) is 36.0. The summed E-state index contributed by atoms with van der Waals surface area (Å²) in [5.74, 6) is -1.30. The number of esters is 1. The van der Waals surface area contributed by atoms with Gasteiger partial charge in [-0.1, -0.05) is 68.3 Å². The second-order valence-corrected chi connectivity index (χ2v) is 15.5. The Morgan fingerprint density at radius 1 is 0.667 bits per heavy atom. The van der Waals surface area contributed by atoms with E-state index in [1.165, 1.54) is 7.11 Å². The largest absolute Gasteiger partial charge is 0.465 e. The molecule has 0 spiro atoms. The number of nitriles is 1. The van der Waals surface area contributed by atoms with Crippen LogP contribution in [0.15, 0.2) is 106 Å². The van der Waals surface area contributed by atoms with Gasteiger partial charge in [0.15, 0.2) is 0 Å². The predicted octanol–water partition coefficient (Wildman–Crippen LogP) is 7.21. The summed E-state index contributed by atoms with van der Waals surface area (Å²) < 4.78 is 6.47. The Balaban J connectivity index is 0.000000206. The van der Waals surface area contributed by atoms with Crippen LogP contribution in [0.4, 0.5) is 0 Å². The highest BCUT2D eigenvalue weighted by Crippen LogP contribution is 2.20. The van der Waals surface area contributed by atoms with Crippen LogP contribution in [0.3, 0.4) is 0 Å². The molecule has 2 aliphatic heterocycles. The van der Waals surface area contributed by atoms with Gasteiger partial charge in [-0.3, -0.25) is 24.1 Å². The number of halogens is 2. The number of benzene rings is 4. The summed E-state index contributed by atoms with van der Waals surface area (Å²) in [6.07, 6.45) is 0. The van der Waals surface area contributed by atoms with Gasteiger partial charge in [-0.25, -0.2) is 4.79 Å². The number of nitrogens with zero attached hydrogens (tertiary/aromatic N) is 5. The molecule has 0 radical (unpaired) electrons. The van der Waals surface area contributed by atoms with E-state index in [0.29, 0.717) is 56.0 Å². The van der Waals surface area contributed by atoms with Crippen LogP contribution in [0.25, 0.3) is 0 Å². The number of aryl methyl sites for hydroxylation is 2. The number of hydrogen-bond acceptors (Lipinski definition) is 8. The van der Waals surface area contributed by atoms with Crippen molar-refractivity contribution in [2.75, 3.05) is 52.9 Å². The first-order valence-corrected chi connectivity index (χ1v) is 20.1. The monoisotopic (exact) mass is 899 g/mol. The molecular formula is C44H47Br2N5O6. The average Bonchev–Trinajstić information content (AvgIpc) is 3.23. The average molecular weight is 902 g/mol. The van der Waals surface area contributed by atoms with Crippen molar-refractivity contribution in [1.29, 1.82) is 5.26 Å². The predicted molar refractivity (Wildman–Crippen MR) is 226 cm³/mol. The third-order valence-electron chi connectivity index (χ3n) is 9.74. The van der Waals surface area contributed by atoms with Crippen molar-refractivity contribution >= 4 is 61.3 Å². The minimum Gasteiger partial charge on any atom is -0.465 e. The molecule has 0 aliphatic carbocycles. The summed E-state index contributed by atoms with van der Waals surface area (Å²) in [4.78, 5) is 68.5. The van der Waals surface area contributed by atoms with Crippen LogP contribution >= 0.6 is 31.9 Å². The van der Waals surface area contributed by atoms with Gasteiger partial charge in [0.1, 0.15) is 0 Å². The van der Waals surface area contributed by atoms with E-state index >= 15 is 0 Å². The van der Waals surface area contributed by atoms with Gasteiger partial charge in [-0.05, 0) is 99.5 Å². The van der Waals surface area contributed by atoms with Crippen molar-refractivity contribution in [2.24, 2.45) is 0 Å². The molecule has 4 aromatic carbocycles. The van der Waals surface area contributed by atoms with Crippen LogP contribution < -0.4 is 0 Å². The second kappa shape index (κ2) is 21.4. The maximum absolute atomic E-state index is 12.7. The minimum atomic E-state index is -0.518.